The summed E-state index contributed by atoms with van der Waals surface area (Å²) in [5.41, 5.74) is 0.294. The lowest BCUT2D eigenvalue weighted by Crippen LogP contribution is -2.39. The Labute approximate surface area is 83.0 Å². The Balaban J connectivity index is 2.64. The molecule has 0 aliphatic heterocycles. The molecule has 0 heterocycles. The van der Waals surface area contributed by atoms with E-state index in [0.717, 1.165) is 6.42 Å². The summed E-state index contributed by atoms with van der Waals surface area (Å²) in [6, 6.07) is 0. The lowest BCUT2D eigenvalue weighted by Gasteiger charge is -2.19. The zero-order valence-corrected chi connectivity index (χ0v) is 8.75. The molecule has 0 bridgehead atoms. The number of thiol groups is 1. The molecule has 0 aromatic rings. The summed E-state index contributed by atoms with van der Waals surface area (Å²) < 4.78 is 13.0. The number of allylic oxidation sites excluding steroid dienone is 1. The first kappa shape index (κ1) is 10.6. The molecular formula is C9H14FNOS. The summed E-state index contributed by atoms with van der Waals surface area (Å²) in [5.74, 6) is -0.593. The van der Waals surface area contributed by atoms with Crippen LogP contribution in [0.25, 0.3) is 0 Å². The van der Waals surface area contributed by atoms with E-state index < -0.39 is 4.87 Å². The van der Waals surface area contributed by atoms with Gasteiger partial charge in [-0.3, -0.25) is 4.79 Å². The van der Waals surface area contributed by atoms with Crippen LogP contribution in [-0.4, -0.2) is 10.8 Å². The van der Waals surface area contributed by atoms with E-state index in [1.54, 1.807) is 13.8 Å². The highest BCUT2D eigenvalue weighted by molar-refractivity contribution is 7.81. The van der Waals surface area contributed by atoms with Gasteiger partial charge in [0.25, 0.3) is 5.91 Å². The second kappa shape index (κ2) is 3.70. The molecule has 1 aliphatic rings. The molecule has 0 radical (unpaired) electrons. The van der Waals surface area contributed by atoms with Crippen molar-refractivity contribution in [2.24, 2.45) is 0 Å². The van der Waals surface area contributed by atoms with Crippen molar-refractivity contribution in [1.29, 1.82) is 0 Å². The molecule has 4 heteroatoms. The SMILES string of the molecule is CC(C)(S)NC(=O)C1=C(F)CCC1. The number of rotatable bonds is 2. The van der Waals surface area contributed by atoms with Gasteiger partial charge in [-0.1, -0.05) is 0 Å². The summed E-state index contributed by atoms with van der Waals surface area (Å²) >= 11 is 4.14. The van der Waals surface area contributed by atoms with Crippen molar-refractivity contribution in [2.75, 3.05) is 0 Å². The Morgan fingerprint density at radius 3 is 2.54 bits per heavy atom. The minimum Gasteiger partial charge on any atom is -0.339 e. The van der Waals surface area contributed by atoms with E-state index >= 15 is 0 Å². The molecule has 2 nitrogen and oxygen atoms in total. The van der Waals surface area contributed by atoms with Crippen molar-refractivity contribution in [2.45, 2.75) is 38.0 Å². The number of hydrogen-bond acceptors (Lipinski definition) is 2. The summed E-state index contributed by atoms with van der Waals surface area (Å²) in [6.45, 7) is 3.50. The van der Waals surface area contributed by atoms with Gasteiger partial charge >= 0.3 is 0 Å². The van der Waals surface area contributed by atoms with Crippen LogP contribution in [0.3, 0.4) is 0 Å². The summed E-state index contributed by atoms with van der Waals surface area (Å²) in [6.07, 6.45) is 1.68. The maximum Gasteiger partial charge on any atom is 0.250 e. The highest BCUT2D eigenvalue weighted by Crippen LogP contribution is 2.27. The van der Waals surface area contributed by atoms with E-state index in [4.69, 9.17) is 0 Å². The zero-order chi connectivity index (χ0) is 10.1. The minimum absolute atomic E-state index is 0.268. The van der Waals surface area contributed by atoms with Gasteiger partial charge in [0.05, 0.1) is 4.87 Å². The fourth-order valence-corrected chi connectivity index (χ4v) is 1.40. The molecule has 0 aromatic carbocycles. The Hall–Kier alpha value is -0.510. The normalized spacial score (nSPS) is 17.8. The second-order valence-corrected chi connectivity index (χ2v) is 4.87. The average molecular weight is 203 g/mol. The molecule has 74 valence electrons. The number of halogens is 1. The van der Waals surface area contributed by atoms with Gasteiger partial charge in [-0.25, -0.2) is 4.39 Å². The fourth-order valence-electron chi connectivity index (χ4n) is 1.30. The molecule has 1 amide bonds. The topological polar surface area (TPSA) is 29.1 Å². The van der Waals surface area contributed by atoms with Crippen molar-refractivity contribution in [3.8, 4) is 0 Å². The maximum atomic E-state index is 13.0. The van der Waals surface area contributed by atoms with Crippen LogP contribution in [0.2, 0.25) is 0 Å². The Bertz CT molecular complexity index is 255. The van der Waals surface area contributed by atoms with Crippen LogP contribution in [0.5, 0.6) is 0 Å². The smallest absolute Gasteiger partial charge is 0.250 e. The first-order valence-electron chi connectivity index (χ1n) is 4.32. The molecule has 0 atom stereocenters. The van der Waals surface area contributed by atoms with Gasteiger partial charge in [0.15, 0.2) is 0 Å². The molecular weight excluding hydrogens is 189 g/mol. The van der Waals surface area contributed by atoms with Gasteiger partial charge in [0.1, 0.15) is 5.83 Å². The number of nitrogens with one attached hydrogen (secondary N) is 1. The van der Waals surface area contributed by atoms with Gasteiger partial charge in [0, 0.05) is 5.57 Å². The van der Waals surface area contributed by atoms with E-state index in [0.29, 0.717) is 18.4 Å². The third-order valence-electron chi connectivity index (χ3n) is 1.84. The van der Waals surface area contributed by atoms with E-state index in [9.17, 15) is 9.18 Å². The molecule has 0 saturated carbocycles. The van der Waals surface area contributed by atoms with Crippen molar-refractivity contribution >= 4 is 18.5 Å². The highest BCUT2D eigenvalue weighted by atomic mass is 32.1. The van der Waals surface area contributed by atoms with E-state index in [-0.39, 0.29) is 11.7 Å². The molecule has 1 aliphatic carbocycles. The number of hydrogen-bond donors (Lipinski definition) is 2. The lowest BCUT2D eigenvalue weighted by molar-refractivity contribution is -0.118. The lowest BCUT2D eigenvalue weighted by atomic mass is 10.2. The van der Waals surface area contributed by atoms with Gasteiger partial charge in [-0.05, 0) is 33.1 Å². The van der Waals surface area contributed by atoms with Crippen LogP contribution >= 0.6 is 12.6 Å². The monoisotopic (exact) mass is 203 g/mol. The molecule has 1 rings (SSSR count). The van der Waals surface area contributed by atoms with Gasteiger partial charge in [0.2, 0.25) is 0 Å². The molecule has 0 fully saturated rings. The van der Waals surface area contributed by atoms with Crippen LogP contribution in [0.1, 0.15) is 33.1 Å². The van der Waals surface area contributed by atoms with Gasteiger partial charge in [-0.15, -0.1) is 0 Å². The third kappa shape index (κ3) is 3.03. The fraction of sp³-hybridized carbons (Fsp3) is 0.667. The van der Waals surface area contributed by atoms with Crippen molar-refractivity contribution in [3.63, 3.8) is 0 Å². The van der Waals surface area contributed by atoms with Crippen LogP contribution < -0.4 is 5.32 Å². The molecule has 0 unspecified atom stereocenters. The van der Waals surface area contributed by atoms with Crippen LogP contribution in [0, 0.1) is 0 Å². The molecule has 1 N–H and O–H groups in total. The Morgan fingerprint density at radius 2 is 2.15 bits per heavy atom. The Morgan fingerprint density at radius 1 is 1.54 bits per heavy atom. The van der Waals surface area contributed by atoms with E-state index in [1.807, 2.05) is 0 Å². The Kier molecular flexibility index (Phi) is 3.01. The molecule has 13 heavy (non-hydrogen) atoms. The van der Waals surface area contributed by atoms with E-state index in [1.165, 1.54) is 0 Å². The second-order valence-electron chi connectivity index (χ2n) is 3.75. The maximum absolute atomic E-state index is 13.0. The predicted molar refractivity (Wildman–Crippen MR) is 53.2 cm³/mol. The van der Waals surface area contributed by atoms with Crippen LogP contribution in [-0.2, 0) is 4.79 Å². The molecule has 0 saturated heterocycles. The predicted octanol–water partition coefficient (Wildman–Crippen LogP) is 2.18. The van der Waals surface area contributed by atoms with Gasteiger partial charge < -0.3 is 5.32 Å². The quantitative estimate of drug-likeness (QED) is 0.522. The first-order chi connectivity index (χ1) is 5.90. The summed E-state index contributed by atoms with van der Waals surface area (Å²) in [5, 5.41) is 2.62. The molecule has 0 spiro atoms. The summed E-state index contributed by atoms with van der Waals surface area (Å²) in [4.78, 5) is 10.8. The molecule has 0 aromatic heterocycles. The zero-order valence-electron chi connectivity index (χ0n) is 7.85. The van der Waals surface area contributed by atoms with Gasteiger partial charge in [-0.2, -0.15) is 12.6 Å². The van der Waals surface area contributed by atoms with Crippen LogP contribution in [0.4, 0.5) is 4.39 Å². The minimum atomic E-state index is -0.590. The summed E-state index contributed by atoms with van der Waals surface area (Å²) in [7, 11) is 0. The van der Waals surface area contributed by atoms with Crippen molar-refractivity contribution in [1.82, 2.24) is 5.32 Å². The van der Waals surface area contributed by atoms with Crippen molar-refractivity contribution in [3.05, 3.63) is 11.4 Å². The largest absolute Gasteiger partial charge is 0.339 e. The standard InChI is InChI=1S/C9H14FNOS/c1-9(2,13)11-8(12)6-4-3-5-7(6)10/h13H,3-5H2,1-2H3,(H,11,12). The van der Waals surface area contributed by atoms with E-state index in [2.05, 4.69) is 17.9 Å². The number of carbonyl (C=O) groups is 1. The van der Waals surface area contributed by atoms with Crippen molar-refractivity contribution < 1.29 is 9.18 Å². The highest BCUT2D eigenvalue weighted by Gasteiger charge is 2.24. The third-order valence-corrected chi connectivity index (χ3v) is 1.96. The number of carbonyl (C=O) groups excluding carboxylic acids is 1. The average Bonchev–Trinajstić information content (AvgIpc) is 2.30. The first-order valence-corrected chi connectivity index (χ1v) is 4.77. The number of amides is 1. The van der Waals surface area contributed by atoms with Crippen LogP contribution in [0.15, 0.2) is 11.4 Å².